The fourth-order valence-corrected chi connectivity index (χ4v) is 3.70. The number of H-pyrrole nitrogens is 1. The highest BCUT2D eigenvalue weighted by Crippen LogP contribution is 2.47. The Morgan fingerprint density at radius 2 is 2.03 bits per heavy atom. The van der Waals surface area contributed by atoms with Crippen LogP contribution in [0.4, 0.5) is 4.39 Å². The summed E-state index contributed by atoms with van der Waals surface area (Å²) in [5.41, 5.74) is 7.98. The third-order valence-electron chi connectivity index (χ3n) is 4.68. The number of halogens is 2. The fourth-order valence-electron chi connectivity index (χ4n) is 3.42. The fraction of sp³-hybridized carbons (Fsp3) is 0.143. The molecule has 29 heavy (non-hydrogen) atoms. The number of aromatic amines is 1. The third-order valence-corrected chi connectivity index (χ3v) is 5.01. The summed E-state index contributed by atoms with van der Waals surface area (Å²) in [6.07, 6.45) is 0. The monoisotopic (exact) mass is 410 g/mol. The van der Waals surface area contributed by atoms with Gasteiger partial charge in [0.2, 0.25) is 11.8 Å². The average molecular weight is 411 g/mol. The first-order valence-corrected chi connectivity index (χ1v) is 9.25. The molecule has 0 unspecified atom stereocenters. The quantitative estimate of drug-likeness (QED) is 0.660. The van der Waals surface area contributed by atoms with Crippen molar-refractivity contribution in [2.75, 3.05) is 6.61 Å². The minimum absolute atomic E-state index is 0.0677. The van der Waals surface area contributed by atoms with Gasteiger partial charge in [0.15, 0.2) is 0 Å². The molecule has 1 atom stereocenters. The molecule has 1 aliphatic heterocycles. The average Bonchev–Trinajstić information content (AvgIpc) is 3.12. The van der Waals surface area contributed by atoms with Crippen LogP contribution in [0.3, 0.4) is 0 Å². The smallest absolute Gasteiger partial charge is 0.244 e. The minimum atomic E-state index is -0.863. The molecule has 4 rings (SSSR count). The number of nitriles is 1. The van der Waals surface area contributed by atoms with Crippen LogP contribution in [0.15, 0.2) is 53.9 Å². The van der Waals surface area contributed by atoms with E-state index in [-0.39, 0.29) is 27.9 Å². The second-order valence-electron chi connectivity index (χ2n) is 6.33. The van der Waals surface area contributed by atoms with Crippen molar-refractivity contribution in [3.05, 3.63) is 75.9 Å². The second kappa shape index (κ2) is 7.49. The number of ether oxygens (including phenoxy) is 2. The van der Waals surface area contributed by atoms with Crippen molar-refractivity contribution in [3.8, 4) is 29.0 Å². The van der Waals surface area contributed by atoms with Crippen molar-refractivity contribution in [1.82, 2.24) is 10.2 Å². The Bertz CT molecular complexity index is 1130. The van der Waals surface area contributed by atoms with Crippen molar-refractivity contribution >= 4 is 11.6 Å². The molecule has 0 aliphatic carbocycles. The van der Waals surface area contributed by atoms with Crippen LogP contribution in [-0.4, -0.2) is 16.8 Å². The minimum Gasteiger partial charge on any atom is -0.494 e. The predicted molar refractivity (Wildman–Crippen MR) is 106 cm³/mol. The standard InChI is InChI=1S/C21H16ClFN4O2/c1-2-28-12-8-6-11(7-9-12)19-18-16(17-14(22)4-3-5-15(17)23)13(10-24)20(25)29-21(18)27-26-19/h3-9,16H,2,25H2,1H3,(H,26,27)/t16-/m1/s1. The van der Waals surface area contributed by atoms with Crippen LogP contribution in [0.2, 0.25) is 5.02 Å². The summed E-state index contributed by atoms with van der Waals surface area (Å²) in [6, 6.07) is 13.7. The summed E-state index contributed by atoms with van der Waals surface area (Å²) in [5.74, 6) is -0.646. The van der Waals surface area contributed by atoms with Gasteiger partial charge in [-0.1, -0.05) is 17.7 Å². The number of nitrogens with zero attached hydrogens (tertiary/aromatic N) is 2. The first-order chi connectivity index (χ1) is 14.0. The van der Waals surface area contributed by atoms with E-state index in [4.69, 9.17) is 26.8 Å². The number of benzene rings is 2. The van der Waals surface area contributed by atoms with Crippen molar-refractivity contribution in [1.29, 1.82) is 5.26 Å². The Morgan fingerprint density at radius 1 is 1.28 bits per heavy atom. The molecule has 1 aliphatic rings. The molecule has 1 aromatic heterocycles. The molecule has 0 saturated carbocycles. The zero-order valence-electron chi connectivity index (χ0n) is 15.4. The van der Waals surface area contributed by atoms with Crippen molar-refractivity contribution in [2.24, 2.45) is 5.73 Å². The first-order valence-electron chi connectivity index (χ1n) is 8.88. The number of aromatic nitrogens is 2. The van der Waals surface area contributed by atoms with Gasteiger partial charge in [-0.25, -0.2) is 4.39 Å². The van der Waals surface area contributed by atoms with Crippen molar-refractivity contribution < 1.29 is 13.9 Å². The first kappa shape index (κ1) is 18.8. The van der Waals surface area contributed by atoms with E-state index in [1.165, 1.54) is 12.1 Å². The maximum atomic E-state index is 14.8. The van der Waals surface area contributed by atoms with Crippen LogP contribution in [0.1, 0.15) is 24.0 Å². The summed E-state index contributed by atoms with van der Waals surface area (Å²) < 4.78 is 25.8. The highest BCUT2D eigenvalue weighted by Gasteiger charge is 2.38. The normalized spacial score (nSPS) is 15.4. The summed E-state index contributed by atoms with van der Waals surface area (Å²) in [6.45, 7) is 2.45. The highest BCUT2D eigenvalue weighted by atomic mass is 35.5. The van der Waals surface area contributed by atoms with Crippen LogP contribution in [0.25, 0.3) is 11.3 Å². The SMILES string of the molecule is CCOc1ccc(-c2[nH]nc3c2[C@@H](c2c(F)cccc2Cl)C(C#N)=C(N)O3)cc1. The molecule has 0 spiro atoms. The molecule has 2 aromatic carbocycles. The zero-order valence-corrected chi connectivity index (χ0v) is 16.1. The van der Waals surface area contributed by atoms with Gasteiger partial charge in [0.05, 0.1) is 23.8 Å². The number of nitrogens with one attached hydrogen (secondary N) is 1. The molecule has 0 saturated heterocycles. The summed E-state index contributed by atoms with van der Waals surface area (Å²) in [7, 11) is 0. The van der Waals surface area contributed by atoms with Crippen LogP contribution >= 0.6 is 11.6 Å². The molecule has 0 bridgehead atoms. The summed E-state index contributed by atoms with van der Waals surface area (Å²) in [5, 5.41) is 17.0. The van der Waals surface area contributed by atoms with Gasteiger partial charge in [0.25, 0.3) is 0 Å². The lowest BCUT2D eigenvalue weighted by molar-refractivity contribution is 0.340. The van der Waals surface area contributed by atoms with E-state index < -0.39 is 11.7 Å². The van der Waals surface area contributed by atoms with Crippen LogP contribution in [0, 0.1) is 17.1 Å². The maximum Gasteiger partial charge on any atom is 0.244 e. The molecule has 146 valence electrons. The van der Waals surface area contributed by atoms with E-state index in [1.807, 2.05) is 37.3 Å². The Kier molecular flexibility index (Phi) is 4.87. The van der Waals surface area contributed by atoms with E-state index >= 15 is 0 Å². The number of rotatable bonds is 4. The number of hydrogen-bond acceptors (Lipinski definition) is 5. The molecule has 0 amide bonds. The van der Waals surface area contributed by atoms with Gasteiger partial charge in [-0.3, -0.25) is 5.10 Å². The van der Waals surface area contributed by atoms with Crippen LogP contribution in [0.5, 0.6) is 11.6 Å². The lowest BCUT2D eigenvalue weighted by Crippen LogP contribution is -2.21. The number of allylic oxidation sites excluding steroid dienone is 1. The van der Waals surface area contributed by atoms with E-state index in [2.05, 4.69) is 10.2 Å². The zero-order chi connectivity index (χ0) is 20.5. The van der Waals surface area contributed by atoms with Gasteiger partial charge in [0.1, 0.15) is 23.2 Å². The van der Waals surface area contributed by atoms with Gasteiger partial charge in [-0.15, -0.1) is 5.10 Å². The van der Waals surface area contributed by atoms with Crippen molar-refractivity contribution in [2.45, 2.75) is 12.8 Å². The number of fused-ring (bicyclic) bond motifs is 1. The topological polar surface area (TPSA) is 97.0 Å². The molecular weight excluding hydrogens is 395 g/mol. The van der Waals surface area contributed by atoms with Gasteiger partial charge in [0, 0.05) is 16.1 Å². The van der Waals surface area contributed by atoms with E-state index in [1.54, 1.807) is 6.07 Å². The molecular formula is C21H16ClFN4O2. The lowest BCUT2D eigenvalue weighted by atomic mass is 9.82. The molecule has 0 radical (unpaired) electrons. The van der Waals surface area contributed by atoms with Gasteiger partial charge < -0.3 is 15.2 Å². The summed E-state index contributed by atoms with van der Waals surface area (Å²) >= 11 is 6.32. The van der Waals surface area contributed by atoms with E-state index in [9.17, 15) is 9.65 Å². The third kappa shape index (κ3) is 3.18. The molecule has 8 heteroatoms. The lowest BCUT2D eigenvalue weighted by Gasteiger charge is -2.25. The predicted octanol–water partition coefficient (Wildman–Crippen LogP) is 4.49. The Labute approximate surface area is 171 Å². The molecule has 3 N–H and O–H groups in total. The number of hydrogen-bond donors (Lipinski definition) is 2. The van der Waals surface area contributed by atoms with Crippen LogP contribution < -0.4 is 15.2 Å². The number of nitrogens with two attached hydrogens (primary N) is 1. The summed E-state index contributed by atoms with van der Waals surface area (Å²) in [4.78, 5) is 0. The van der Waals surface area contributed by atoms with Gasteiger partial charge >= 0.3 is 0 Å². The van der Waals surface area contributed by atoms with Gasteiger partial charge in [-0.05, 0) is 43.3 Å². The van der Waals surface area contributed by atoms with E-state index in [0.717, 1.165) is 11.3 Å². The second-order valence-corrected chi connectivity index (χ2v) is 6.74. The van der Waals surface area contributed by atoms with Gasteiger partial charge in [-0.2, -0.15) is 5.26 Å². The molecule has 3 aromatic rings. The highest BCUT2D eigenvalue weighted by molar-refractivity contribution is 6.31. The Hall–Kier alpha value is -3.50. The van der Waals surface area contributed by atoms with Crippen molar-refractivity contribution in [3.63, 3.8) is 0 Å². The van der Waals surface area contributed by atoms with Crippen LogP contribution in [-0.2, 0) is 0 Å². The Morgan fingerprint density at radius 3 is 2.69 bits per heavy atom. The molecule has 0 fully saturated rings. The van der Waals surface area contributed by atoms with E-state index in [0.29, 0.717) is 17.9 Å². The largest absolute Gasteiger partial charge is 0.494 e. The Balaban J connectivity index is 1.92. The maximum absolute atomic E-state index is 14.8. The molecule has 2 heterocycles. The molecule has 6 nitrogen and oxygen atoms in total.